The minimum absolute atomic E-state index is 0.0210. The van der Waals surface area contributed by atoms with E-state index in [2.05, 4.69) is 22.4 Å². The first-order chi connectivity index (χ1) is 6.15. The number of hydrogen-bond acceptors (Lipinski definition) is 2. The normalized spacial score (nSPS) is 11.9. The summed E-state index contributed by atoms with van der Waals surface area (Å²) in [6, 6.07) is 5.38. The second-order valence-electron chi connectivity index (χ2n) is 2.57. The lowest BCUT2D eigenvalue weighted by Gasteiger charge is -2.05. The Kier molecular flexibility index (Phi) is 3.89. The molecule has 4 heteroatoms. The maximum absolute atomic E-state index is 5.84. The summed E-state index contributed by atoms with van der Waals surface area (Å²) in [5.41, 5.74) is 0.978. The minimum Gasteiger partial charge on any atom is -0.225 e. The quantitative estimate of drug-likeness (QED) is 0.551. The van der Waals surface area contributed by atoms with Crippen molar-refractivity contribution in [1.82, 2.24) is 0 Å². The SMILES string of the molecule is C[C@H](N=C=S)c1ccc(Cl)c(Cl)c1. The molecule has 0 unspecified atom stereocenters. The Morgan fingerprint density at radius 3 is 2.62 bits per heavy atom. The van der Waals surface area contributed by atoms with Crippen LogP contribution in [0.15, 0.2) is 23.2 Å². The second-order valence-corrected chi connectivity index (χ2v) is 3.57. The van der Waals surface area contributed by atoms with E-state index >= 15 is 0 Å². The third-order valence-corrected chi connectivity index (χ3v) is 2.52. The summed E-state index contributed by atoms with van der Waals surface area (Å²) in [6.45, 7) is 1.92. The molecule has 1 atom stereocenters. The molecule has 0 N–H and O–H groups in total. The number of nitrogens with zero attached hydrogens (tertiary/aromatic N) is 1. The van der Waals surface area contributed by atoms with Crippen molar-refractivity contribution in [3.8, 4) is 0 Å². The van der Waals surface area contributed by atoms with Crippen LogP contribution in [0.3, 0.4) is 0 Å². The Bertz CT molecular complexity index is 359. The summed E-state index contributed by atoms with van der Waals surface area (Å²) in [5.74, 6) is 0. The molecule has 1 aromatic rings. The van der Waals surface area contributed by atoms with Crippen molar-refractivity contribution in [2.45, 2.75) is 13.0 Å². The van der Waals surface area contributed by atoms with Gasteiger partial charge in [0.25, 0.3) is 0 Å². The zero-order valence-corrected chi connectivity index (χ0v) is 9.25. The summed E-state index contributed by atoms with van der Waals surface area (Å²) in [6.07, 6.45) is 0. The van der Waals surface area contributed by atoms with Gasteiger partial charge in [-0.2, -0.15) is 0 Å². The number of isothiocyanates is 1. The van der Waals surface area contributed by atoms with Gasteiger partial charge < -0.3 is 0 Å². The number of aliphatic imine (C=N–C) groups is 1. The first-order valence-electron chi connectivity index (χ1n) is 3.67. The van der Waals surface area contributed by atoms with Crippen LogP contribution in [0, 0.1) is 0 Å². The van der Waals surface area contributed by atoms with Gasteiger partial charge in [-0.3, -0.25) is 0 Å². The van der Waals surface area contributed by atoms with Crippen molar-refractivity contribution in [3.63, 3.8) is 0 Å². The van der Waals surface area contributed by atoms with Gasteiger partial charge in [-0.05, 0) is 36.8 Å². The van der Waals surface area contributed by atoms with Gasteiger partial charge in [0.15, 0.2) is 0 Å². The van der Waals surface area contributed by atoms with Crippen molar-refractivity contribution >= 4 is 40.6 Å². The maximum Gasteiger partial charge on any atom is 0.0824 e. The van der Waals surface area contributed by atoms with Gasteiger partial charge >= 0.3 is 0 Å². The van der Waals surface area contributed by atoms with Gasteiger partial charge in [0.05, 0.1) is 21.2 Å². The predicted molar refractivity (Wildman–Crippen MR) is 59.9 cm³/mol. The zero-order valence-electron chi connectivity index (χ0n) is 6.92. The number of thiocarbonyl (C=S) groups is 1. The van der Waals surface area contributed by atoms with Crippen LogP contribution in [0.5, 0.6) is 0 Å². The van der Waals surface area contributed by atoms with Crippen molar-refractivity contribution < 1.29 is 0 Å². The molecule has 0 fully saturated rings. The molecule has 0 amide bonds. The highest BCUT2D eigenvalue weighted by Crippen LogP contribution is 2.26. The van der Waals surface area contributed by atoms with Crippen LogP contribution in [-0.2, 0) is 0 Å². The predicted octanol–water partition coefficient (Wildman–Crippen LogP) is 4.16. The number of hydrogen-bond donors (Lipinski definition) is 0. The lowest BCUT2D eigenvalue weighted by atomic mass is 10.1. The van der Waals surface area contributed by atoms with E-state index in [0.717, 1.165) is 5.56 Å². The van der Waals surface area contributed by atoms with Gasteiger partial charge in [-0.25, -0.2) is 4.99 Å². The molecule has 0 aromatic heterocycles. The standard InChI is InChI=1S/C9H7Cl2NS/c1-6(12-5-13)7-2-3-8(10)9(11)4-7/h2-4,6H,1H3/t6-/m0/s1. The Morgan fingerprint density at radius 2 is 2.08 bits per heavy atom. The molecule has 0 spiro atoms. The third kappa shape index (κ3) is 2.78. The maximum atomic E-state index is 5.84. The molecule has 68 valence electrons. The highest BCUT2D eigenvalue weighted by Gasteiger charge is 2.05. The van der Waals surface area contributed by atoms with Crippen molar-refractivity contribution in [3.05, 3.63) is 33.8 Å². The summed E-state index contributed by atoms with van der Waals surface area (Å²) < 4.78 is 0. The molecule has 0 aliphatic rings. The monoisotopic (exact) mass is 231 g/mol. The van der Waals surface area contributed by atoms with E-state index in [0.29, 0.717) is 10.0 Å². The molecular formula is C9H7Cl2NS. The lowest BCUT2D eigenvalue weighted by Crippen LogP contribution is -1.88. The first-order valence-corrected chi connectivity index (χ1v) is 4.83. The summed E-state index contributed by atoms with van der Waals surface area (Å²) >= 11 is 16.1. The second kappa shape index (κ2) is 4.73. The average molecular weight is 232 g/mol. The molecular weight excluding hydrogens is 225 g/mol. The van der Waals surface area contributed by atoms with Crippen LogP contribution in [0.2, 0.25) is 10.0 Å². The van der Waals surface area contributed by atoms with E-state index in [9.17, 15) is 0 Å². The molecule has 0 aliphatic heterocycles. The first kappa shape index (κ1) is 10.7. The molecule has 1 rings (SSSR count). The average Bonchev–Trinajstić information content (AvgIpc) is 2.10. The highest BCUT2D eigenvalue weighted by molar-refractivity contribution is 7.78. The van der Waals surface area contributed by atoms with E-state index in [1.165, 1.54) is 0 Å². The minimum atomic E-state index is -0.0210. The van der Waals surface area contributed by atoms with Gasteiger partial charge in [0, 0.05) is 0 Å². The van der Waals surface area contributed by atoms with Crippen LogP contribution in [0.4, 0.5) is 0 Å². The van der Waals surface area contributed by atoms with Crippen LogP contribution in [0.1, 0.15) is 18.5 Å². The summed E-state index contributed by atoms with van der Waals surface area (Å²) in [4.78, 5) is 3.93. The van der Waals surface area contributed by atoms with E-state index in [-0.39, 0.29) is 6.04 Å². The zero-order chi connectivity index (χ0) is 9.84. The van der Waals surface area contributed by atoms with E-state index in [1.807, 2.05) is 13.0 Å². The fourth-order valence-corrected chi connectivity index (χ4v) is 1.39. The van der Waals surface area contributed by atoms with Crippen molar-refractivity contribution in [1.29, 1.82) is 0 Å². The molecule has 0 aliphatic carbocycles. The summed E-state index contributed by atoms with van der Waals surface area (Å²) in [5, 5.41) is 3.41. The van der Waals surface area contributed by atoms with Gasteiger partial charge in [-0.1, -0.05) is 29.3 Å². The van der Waals surface area contributed by atoms with Crippen LogP contribution in [-0.4, -0.2) is 5.16 Å². The van der Waals surface area contributed by atoms with Gasteiger partial charge in [0.1, 0.15) is 0 Å². The van der Waals surface area contributed by atoms with Crippen LogP contribution < -0.4 is 0 Å². The van der Waals surface area contributed by atoms with Crippen molar-refractivity contribution in [2.24, 2.45) is 4.99 Å². The fourth-order valence-electron chi connectivity index (χ4n) is 0.926. The van der Waals surface area contributed by atoms with Crippen molar-refractivity contribution in [2.75, 3.05) is 0 Å². The molecule has 0 heterocycles. The largest absolute Gasteiger partial charge is 0.225 e. The Labute approximate surface area is 92.4 Å². The molecule has 1 nitrogen and oxygen atoms in total. The third-order valence-electron chi connectivity index (χ3n) is 1.67. The highest BCUT2D eigenvalue weighted by atomic mass is 35.5. The number of halogens is 2. The molecule has 0 radical (unpaired) electrons. The number of rotatable bonds is 2. The Hall–Kier alpha value is -0.400. The van der Waals surface area contributed by atoms with E-state index in [4.69, 9.17) is 23.2 Å². The van der Waals surface area contributed by atoms with E-state index in [1.54, 1.807) is 12.1 Å². The van der Waals surface area contributed by atoms with Gasteiger partial charge in [-0.15, -0.1) is 0 Å². The molecule has 0 bridgehead atoms. The fraction of sp³-hybridized carbons (Fsp3) is 0.222. The Balaban J connectivity index is 3.03. The van der Waals surface area contributed by atoms with Gasteiger partial charge in [0.2, 0.25) is 0 Å². The Morgan fingerprint density at radius 1 is 1.38 bits per heavy atom. The van der Waals surface area contributed by atoms with Crippen LogP contribution in [0.25, 0.3) is 0 Å². The van der Waals surface area contributed by atoms with Crippen LogP contribution >= 0.6 is 35.4 Å². The lowest BCUT2D eigenvalue weighted by molar-refractivity contribution is 0.828. The molecule has 0 saturated heterocycles. The summed E-state index contributed by atoms with van der Waals surface area (Å²) in [7, 11) is 0. The van der Waals surface area contributed by atoms with E-state index < -0.39 is 0 Å². The molecule has 1 aromatic carbocycles. The topological polar surface area (TPSA) is 12.4 Å². The number of benzene rings is 1. The smallest absolute Gasteiger partial charge is 0.0824 e. The molecule has 0 saturated carbocycles. The molecule has 13 heavy (non-hydrogen) atoms.